The Kier molecular flexibility index (Phi) is 3.69. The lowest BCUT2D eigenvalue weighted by Gasteiger charge is -2.08. The molecule has 76 valence electrons. The third-order valence-corrected chi connectivity index (χ3v) is 1.93. The van der Waals surface area contributed by atoms with E-state index in [9.17, 15) is 0 Å². The molecule has 2 nitrogen and oxygen atoms in total. The zero-order valence-corrected chi connectivity index (χ0v) is 9.13. The Labute approximate surface area is 85.6 Å². The molecule has 0 radical (unpaired) electrons. The average molecular weight is 191 g/mol. The second kappa shape index (κ2) is 4.80. The highest BCUT2D eigenvalue weighted by atomic mass is 16.5. The van der Waals surface area contributed by atoms with Crippen molar-refractivity contribution in [1.29, 1.82) is 0 Å². The molecule has 0 bridgehead atoms. The summed E-state index contributed by atoms with van der Waals surface area (Å²) in [4.78, 5) is 4.31. The van der Waals surface area contributed by atoms with Crippen LogP contribution in [0.1, 0.15) is 31.5 Å². The van der Waals surface area contributed by atoms with Crippen molar-refractivity contribution in [3.05, 3.63) is 30.1 Å². The van der Waals surface area contributed by atoms with E-state index in [-0.39, 0.29) is 0 Å². The van der Waals surface area contributed by atoms with E-state index in [1.807, 2.05) is 19.9 Å². The molecule has 0 aliphatic carbocycles. The van der Waals surface area contributed by atoms with E-state index >= 15 is 0 Å². The molecule has 1 aromatic heterocycles. The molecule has 14 heavy (non-hydrogen) atoms. The molecule has 0 saturated heterocycles. The molecule has 0 saturated carbocycles. The fourth-order valence-electron chi connectivity index (χ4n) is 1.29. The lowest BCUT2D eigenvalue weighted by molar-refractivity contribution is 0.316. The maximum Gasteiger partial charge on any atom is 0.137 e. The largest absolute Gasteiger partial charge is 0.492 e. The molecule has 0 spiro atoms. The summed E-state index contributed by atoms with van der Waals surface area (Å²) in [7, 11) is 0. The fourth-order valence-corrected chi connectivity index (χ4v) is 1.29. The molecule has 0 fully saturated rings. The summed E-state index contributed by atoms with van der Waals surface area (Å²) >= 11 is 0. The van der Waals surface area contributed by atoms with Gasteiger partial charge in [-0.1, -0.05) is 13.5 Å². The average Bonchev–Trinajstić information content (AvgIpc) is 2.14. The predicted octanol–water partition coefficient (Wildman–Crippen LogP) is 3.21. The summed E-state index contributed by atoms with van der Waals surface area (Å²) in [5.41, 5.74) is 3.07. The van der Waals surface area contributed by atoms with Crippen LogP contribution in [0, 0.1) is 6.92 Å². The highest BCUT2D eigenvalue weighted by Crippen LogP contribution is 2.19. The Morgan fingerprint density at radius 3 is 2.79 bits per heavy atom. The number of hydrogen-bond donors (Lipinski definition) is 0. The minimum atomic E-state index is 0.744. The van der Waals surface area contributed by atoms with Crippen molar-refractivity contribution in [2.45, 2.75) is 27.2 Å². The smallest absolute Gasteiger partial charge is 0.137 e. The molecule has 1 heterocycles. The van der Waals surface area contributed by atoms with Crippen LogP contribution >= 0.6 is 0 Å². The highest BCUT2D eigenvalue weighted by Gasteiger charge is 2.02. The van der Waals surface area contributed by atoms with Gasteiger partial charge in [0, 0.05) is 0 Å². The van der Waals surface area contributed by atoms with Crippen LogP contribution in [0.5, 0.6) is 5.75 Å². The number of ether oxygens (including phenoxy) is 1. The highest BCUT2D eigenvalue weighted by molar-refractivity contribution is 5.61. The third kappa shape index (κ3) is 2.59. The lowest BCUT2D eigenvalue weighted by Crippen LogP contribution is -1.98. The number of hydrogen-bond acceptors (Lipinski definition) is 2. The number of pyridine rings is 1. The maximum atomic E-state index is 5.48. The molecule has 0 aliphatic rings. The molecule has 2 heteroatoms. The molecule has 1 rings (SSSR count). The van der Waals surface area contributed by atoms with Crippen LogP contribution in [0.25, 0.3) is 5.57 Å². The summed E-state index contributed by atoms with van der Waals surface area (Å²) in [6.45, 7) is 10.7. The lowest BCUT2D eigenvalue weighted by atomic mass is 10.1. The number of aromatic nitrogens is 1. The molecule has 0 atom stereocenters. The maximum absolute atomic E-state index is 5.48. The molecular formula is C12H17NO. The molecule has 0 aliphatic heterocycles. The van der Waals surface area contributed by atoms with E-state index in [2.05, 4.69) is 18.5 Å². The van der Waals surface area contributed by atoms with Crippen LogP contribution in [0.2, 0.25) is 0 Å². The summed E-state index contributed by atoms with van der Waals surface area (Å²) in [5.74, 6) is 0.842. The molecule has 0 N–H and O–H groups in total. The van der Waals surface area contributed by atoms with Gasteiger partial charge in [-0.15, -0.1) is 0 Å². The first-order chi connectivity index (χ1) is 6.65. The van der Waals surface area contributed by atoms with Crippen molar-refractivity contribution in [1.82, 2.24) is 4.98 Å². The van der Waals surface area contributed by atoms with Crippen molar-refractivity contribution in [2.24, 2.45) is 0 Å². The van der Waals surface area contributed by atoms with Gasteiger partial charge in [0.2, 0.25) is 0 Å². The first-order valence-corrected chi connectivity index (χ1v) is 4.90. The van der Waals surface area contributed by atoms with Gasteiger partial charge in [-0.2, -0.15) is 0 Å². The van der Waals surface area contributed by atoms with Crippen LogP contribution in [0.15, 0.2) is 18.8 Å². The second-order valence-electron chi connectivity index (χ2n) is 3.47. The normalized spacial score (nSPS) is 9.93. The van der Waals surface area contributed by atoms with Crippen molar-refractivity contribution in [3.63, 3.8) is 0 Å². The van der Waals surface area contributed by atoms with Crippen LogP contribution in [-0.4, -0.2) is 11.6 Å². The van der Waals surface area contributed by atoms with Crippen LogP contribution in [0.3, 0.4) is 0 Å². The summed E-state index contributed by atoms with van der Waals surface area (Å²) in [6.07, 6.45) is 2.77. The van der Waals surface area contributed by atoms with Crippen molar-refractivity contribution in [2.75, 3.05) is 6.61 Å². The number of aryl methyl sites for hydroxylation is 1. The topological polar surface area (TPSA) is 22.1 Å². The monoisotopic (exact) mass is 191 g/mol. The van der Waals surface area contributed by atoms with Crippen LogP contribution < -0.4 is 4.74 Å². The van der Waals surface area contributed by atoms with Gasteiger partial charge in [0.05, 0.1) is 18.5 Å². The zero-order valence-electron chi connectivity index (χ0n) is 9.13. The van der Waals surface area contributed by atoms with E-state index in [0.29, 0.717) is 0 Å². The minimum Gasteiger partial charge on any atom is -0.492 e. The molecule has 0 unspecified atom stereocenters. The van der Waals surface area contributed by atoms with Crippen LogP contribution in [-0.2, 0) is 0 Å². The van der Waals surface area contributed by atoms with Gasteiger partial charge in [-0.25, -0.2) is 0 Å². The summed E-state index contributed by atoms with van der Waals surface area (Å²) < 4.78 is 5.48. The van der Waals surface area contributed by atoms with Gasteiger partial charge in [-0.3, -0.25) is 4.98 Å². The van der Waals surface area contributed by atoms with E-state index < -0.39 is 0 Å². The second-order valence-corrected chi connectivity index (χ2v) is 3.47. The standard InChI is InChI=1S/C12H17NO/c1-5-6-14-11-7-10(4)12(9(2)3)13-8-11/h7-8H,2,5-6H2,1,3-4H3. The van der Waals surface area contributed by atoms with E-state index in [1.165, 1.54) is 0 Å². The molecular weight excluding hydrogens is 174 g/mol. The zero-order chi connectivity index (χ0) is 10.6. The minimum absolute atomic E-state index is 0.744. The molecule has 0 amide bonds. The Bertz CT molecular complexity index is 331. The van der Waals surface area contributed by atoms with Crippen molar-refractivity contribution in [3.8, 4) is 5.75 Å². The van der Waals surface area contributed by atoms with Crippen molar-refractivity contribution >= 4 is 5.57 Å². The Morgan fingerprint density at radius 1 is 1.57 bits per heavy atom. The van der Waals surface area contributed by atoms with Gasteiger partial charge in [-0.05, 0) is 37.5 Å². The first kappa shape index (κ1) is 10.8. The van der Waals surface area contributed by atoms with Gasteiger partial charge < -0.3 is 4.74 Å². The van der Waals surface area contributed by atoms with Gasteiger partial charge >= 0.3 is 0 Å². The van der Waals surface area contributed by atoms with Crippen molar-refractivity contribution < 1.29 is 4.74 Å². The number of rotatable bonds is 4. The summed E-state index contributed by atoms with van der Waals surface area (Å²) in [5, 5.41) is 0. The SMILES string of the molecule is C=C(C)c1ncc(OCCC)cc1C. The Morgan fingerprint density at radius 2 is 2.29 bits per heavy atom. The van der Waals surface area contributed by atoms with E-state index in [0.717, 1.165) is 35.6 Å². The van der Waals surface area contributed by atoms with E-state index in [1.54, 1.807) is 6.20 Å². The Balaban J connectivity index is 2.83. The fraction of sp³-hybridized carbons (Fsp3) is 0.417. The van der Waals surface area contributed by atoms with Crippen LogP contribution in [0.4, 0.5) is 0 Å². The summed E-state index contributed by atoms with van der Waals surface area (Å²) in [6, 6.07) is 2.01. The van der Waals surface area contributed by atoms with E-state index in [4.69, 9.17) is 4.74 Å². The van der Waals surface area contributed by atoms with Gasteiger partial charge in [0.15, 0.2) is 0 Å². The third-order valence-electron chi connectivity index (χ3n) is 1.93. The quantitative estimate of drug-likeness (QED) is 0.729. The van der Waals surface area contributed by atoms with Gasteiger partial charge in [0.1, 0.15) is 5.75 Å². The Hall–Kier alpha value is -1.31. The number of nitrogens with zero attached hydrogens (tertiary/aromatic N) is 1. The number of allylic oxidation sites excluding steroid dienone is 1. The molecule has 0 aromatic carbocycles. The predicted molar refractivity (Wildman–Crippen MR) is 59.5 cm³/mol. The van der Waals surface area contributed by atoms with Gasteiger partial charge in [0.25, 0.3) is 0 Å². The molecule has 1 aromatic rings. The first-order valence-electron chi connectivity index (χ1n) is 4.90.